The molecule has 2 amide bonds. The molecule has 0 aliphatic carbocycles. The minimum atomic E-state index is -0.682. The first kappa shape index (κ1) is 21.1. The number of thiocarbonyl (C=S) groups is 1. The highest BCUT2D eigenvalue weighted by atomic mass is 35.5. The first-order chi connectivity index (χ1) is 13.9. The smallest absolute Gasteiger partial charge is 0.251 e. The van der Waals surface area contributed by atoms with Gasteiger partial charge >= 0.3 is 0 Å². The quantitative estimate of drug-likeness (QED) is 0.677. The normalized spacial score (nSPS) is 16.3. The van der Waals surface area contributed by atoms with Crippen molar-refractivity contribution in [3.63, 3.8) is 0 Å². The number of nitrogens with zero attached hydrogens (tertiary/aromatic N) is 2. The second-order valence-electron chi connectivity index (χ2n) is 6.63. The highest BCUT2D eigenvalue weighted by Crippen LogP contribution is 2.26. The van der Waals surface area contributed by atoms with Crippen LogP contribution in [0.3, 0.4) is 0 Å². The van der Waals surface area contributed by atoms with Gasteiger partial charge in [0, 0.05) is 30.4 Å². The number of rotatable bonds is 7. The van der Waals surface area contributed by atoms with Crippen molar-refractivity contribution in [3.8, 4) is 5.75 Å². The standard InChI is InChI=1S/C21H22ClN3O3S/c1-3-28-16-9-6-8-15(11-16)23-19(26)12-18-20(27)24(2)21(29)25(18)13-14-7-4-5-10-17(14)22/h4-11,18H,3,12-13H2,1-2H3,(H,23,26). The predicted octanol–water partition coefficient (Wildman–Crippen LogP) is 3.70. The minimum Gasteiger partial charge on any atom is -0.494 e. The summed E-state index contributed by atoms with van der Waals surface area (Å²) < 4.78 is 5.45. The van der Waals surface area contributed by atoms with Gasteiger partial charge in [-0.3, -0.25) is 14.5 Å². The van der Waals surface area contributed by atoms with Crippen LogP contribution >= 0.6 is 23.8 Å². The molecule has 0 spiro atoms. The van der Waals surface area contributed by atoms with Gasteiger partial charge in [0.15, 0.2) is 5.11 Å². The number of carbonyl (C=O) groups excluding carboxylic acids is 2. The third-order valence-corrected chi connectivity index (χ3v) is 5.51. The molecule has 1 atom stereocenters. The molecule has 0 bridgehead atoms. The van der Waals surface area contributed by atoms with Crippen LogP contribution in [0, 0.1) is 0 Å². The van der Waals surface area contributed by atoms with Gasteiger partial charge in [0.1, 0.15) is 11.8 Å². The summed E-state index contributed by atoms with van der Waals surface area (Å²) in [7, 11) is 1.62. The molecule has 1 N–H and O–H groups in total. The molecule has 1 aliphatic rings. The molecular formula is C21H22ClN3O3S. The number of anilines is 1. The predicted molar refractivity (Wildman–Crippen MR) is 117 cm³/mol. The monoisotopic (exact) mass is 431 g/mol. The first-order valence-corrected chi connectivity index (χ1v) is 10.0. The molecule has 0 radical (unpaired) electrons. The van der Waals surface area contributed by atoms with Gasteiger partial charge in [-0.15, -0.1) is 0 Å². The van der Waals surface area contributed by atoms with Gasteiger partial charge in [-0.05, 0) is 42.9 Å². The van der Waals surface area contributed by atoms with E-state index in [0.717, 1.165) is 5.56 Å². The van der Waals surface area contributed by atoms with E-state index in [2.05, 4.69) is 5.32 Å². The van der Waals surface area contributed by atoms with Crippen molar-refractivity contribution in [2.45, 2.75) is 25.9 Å². The zero-order valence-electron chi connectivity index (χ0n) is 16.2. The van der Waals surface area contributed by atoms with Crippen molar-refractivity contribution in [3.05, 3.63) is 59.1 Å². The summed E-state index contributed by atoms with van der Waals surface area (Å²) in [5, 5.41) is 3.80. The Morgan fingerprint density at radius 3 is 2.72 bits per heavy atom. The molecule has 1 aliphatic heterocycles. The average Bonchev–Trinajstić information content (AvgIpc) is 2.88. The van der Waals surface area contributed by atoms with Crippen molar-refractivity contribution in [2.75, 3.05) is 19.0 Å². The van der Waals surface area contributed by atoms with Gasteiger partial charge in [0.25, 0.3) is 5.91 Å². The Hall–Kier alpha value is -2.64. The lowest BCUT2D eigenvalue weighted by Crippen LogP contribution is -2.37. The van der Waals surface area contributed by atoms with Crippen molar-refractivity contribution in [1.82, 2.24) is 9.80 Å². The van der Waals surface area contributed by atoms with Crippen molar-refractivity contribution < 1.29 is 14.3 Å². The molecule has 3 rings (SSSR count). The summed E-state index contributed by atoms with van der Waals surface area (Å²) >= 11 is 11.7. The average molecular weight is 432 g/mol. The fraction of sp³-hybridized carbons (Fsp3) is 0.286. The molecule has 6 nitrogen and oxygen atoms in total. The van der Waals surface area contributed by atoms with Crippen molar-refractivity contribution in [2.24, 2.45) is 0 Å². The van der Waals surface area contributed by atoms with Gasteiger partial charge in [-0.25, -0.2) is 0 Å². The Bertz CT molecular complexity index is 937. The maximum Gasteiger partial charge on any atom is 0.251 e. The van der Waals surface area contributed by atoms with Gasteiger partial charge < -0.3 is 15.0 Å². The number of hydrogen-bond donors (Lipinski definition) is 1. The molecule has 1 unspecified atom stereocenters. The lowest BCUT2D eigenvalue weighted by atomic mass is 10.1. The first-order valence-electron chi connectivity index (χ1n) is 9.25. The van der Waals surface area contributed by atoms with Crippen LogP contribution in [0.4, 0.5) is 5.69 Å². The summed E-state index contributed by atoms with van der Waals surface area (Å²) in [4.78, 5) is 28.5. The van der Waals surface area contributed by atoms with Crippen molar-refractivity contribution >= 4 is 46.4 Å². The van der Waals surface area contributed by atoms with Crippen molar-refractivity contribution in [1.29, 1.82) is 0 Å². The maximum absolute atomic E-state index is 12.7. The van der Waals surface area contributed by atoms with E-state index >= 15 is 0 Å². The Kier molecular flexibility index (Phi) is 6.71. The zero-order chi connectivity index (χ0) is 21.0. The highest BCUT2D eigenvalue weighted by Gasteiger charge is 2.41. The Morgan fingerprint density at radius 2 is 2.00 bits per heavy atom. The Morgan fingerprint density at radius 1 is 1.24 bits per heavy atom. The van der Waals surface area contributed by atoms with E-state index in [-0.39, 0.29) is 18.2 Å². The lowest BCUT2D eigenvalue weighted by molar-refractivity contribution is -0.130. The number of amides is 2. The van der Waals surface area contributed by atoms with E-state index in [1.165, 1.54) is 4.90 Å². The van der Waals surface area contributed by atoms with E-state index in [9.17, 15) is 9.59 Å². The maximum atomic E-state index is 12.7. The largest absolute Gasteiger partial charge is 0.494 e. The lowest BCUT2D eigenvalue weighted by Gasteiger charge is -2.24. The van der Waals surface area contributed by atoms with Crippen LogP contribution < -0.4 is 10.1 Å². The summed E-state index contributed by atoms with van der Waals surface area (Å²) in [6.45, 7) is 2.78. The molecule has 2 aromatic carbocycles. The molecule has 1 heterocycles. The van der Waals surface area contributed by atoms with E-state index < -0.39 is 6.04 Å². The number of nitrogens with one attached hydrogen (secondary N) is 1. The molecule has 0 aromatic heterocycles. The number of ether oxygens (including phenoxy) is 1. The number of benzene rings is 2. The van der Waals surface area contributed by atoms with E-state index in [0.29, 0.717) is 34.7 Å². The number of hydrogen-bond acceptors (Lipinski definition) is 4. The molecule has 1 saturated heterocycles. The molecular weight excluding hydrogens is 410 g/mol. The number of likely N-dealkylation sites (N-methyl/N-ethyl adjacent to an activating group) is 1. The number of carbonyl (C=O) groups is 2. The second kappa shape index (κ2) is 9.24. The van der Waals surface area contributed by atoms with E-state index in [4.69, 9.17) is 28.6 Å². The molecule has 1 fully saturated rings. The fourth-order valence-corrected chi connectivity index (χ4v) is 3.66. The van der Waals surface area contributed by atoms with Crippen LogP contribution in [0.5, 0.6) is 5.75 Å². The Balaban J connectivity index is 1.73. The zero-order valence-corrected chi connectivity index (χ0v) is 17.8. The van der Waals surface area contributed by atoms with Crippen LogP contribution in [0.2, 0.25) is 5.02 Å². The van der Waals surface area contributed by atoms with Gasteiger partial charge in [-0.2, -0.15) is 0 Å². The van der Waals surface area contributed by atoms with E-state index in [1.807, 2.05) is 31.2 Å². The third-order valence-electron chi connectivity index (χ3n) is 4.63. The second-order valence-corrected chi connectivity index (χ2v) is 7.40. The molecule has 8 heteroatoms. The van der Waals surface area contributed by atoms with Crippen LogP contribution in [-0.2, 0) is 16.1 Å². The topological polar surface area (TPSA) is 61.9 Å². The van der Waals surface area contributed by atoms with Gasteiger partial charge in [0.05, 0.1) is 13.0 Å². The molecule has 2 aromatic rings. The summed E-state index contributed by atoms with van der Waals surface area (Å²) in [5.74, 6) is 0.183. The summed E-state index contributed by atoms with van der Waals surface area (Å²) in [6.07, 6.45) is -0.0212. The highest BCUT2D eigenvalue weighted by molar-refractivity contribution is 7.80. The Labute approximate surface area is 180 Å². The summed E-state index contributed by atoms with van der Waals surface area (Å²) in [5.41, 5.74) is 1.45. The molecule has 152 valence electrons. The van der Waals surface area contributed by atoms with Crippen LogP contribution in [0.15, 0.2) is 48.5 Å². The minimum absolute atomic E-state index is 0.0212. The number of halogens is 1. The third kappa shape index (κ3) is 4.86. The van der Waals surface area contributed by atoms with Gasteiger partial charge in [-0.1, -0.05) is 35.9 Å². The van der Waals surface area contributed by atoms with Crippen LogP contribution in [0.1, 0.15) is 18.9 Å². The SMILES string of the molecule is CCOc1cccc(NC(=O)CC2C(=O)N(C)C(=S)N2Cc2ccccc2Cl)c1. The summed E-state index contributed by atoms with van der Waals surface area (Å²) in [6, 6.07) is 13.8. The van der Waals surface area contributed by atoms with Crippen LogP contribution in [-0.4, -0.2) is 46.4 Å². The molecule has 29 heavy (non-hydrogen) atoms. The van der Waals surface area contributed by atoms with Crippen LogP contribution in [0.25, 0.3) is 0 Å². The fourth-order valence-electron chi connectivity index (χ4n) is 3.18. The van der Waals surface area contributed by atoms with E-state index in [1.54, 1.807) is 36.2 Å². The molecule has 0 saturated carbocycles. The van der Waals surface area contributed by atoms with Gasteiger partial charge in [0.2, 0.25) is 5.91 Å².